The van der Waals surface area contributed by atoms with Gasteiger partial charge in [-0.1, -0.05) is 23.7 Å². The third-order valence-corrected chi connectivity index (χ3v) is 3.73. The summed E-state index contributed by atoms with van der Waals surface area (Å²) in [4.78, 5) is 22.5. The molecule has 0 atom stereocenters. The minimum Gasteiger partial charge on any atom is -0.484 e. The monoisotopic (exact) mass is 369 g/mol. The Balaban J connectivity index is 1.86. The number of benzene rings is 1. The second-order valence-electron chi connectivity index (χ2n) is 5.16. The van der Waals surface area contributed by atoms with Gasteiger partial charge in [0.25, 0.3) is 5.91 Å². The zero-order chi connectivity index (χ0) is 17.5. The molecule has 1 N–H and O–H groups in total. The average molecular weight is 370 g/mol. The number of aryl methyl sites for hydroxylation is 1. The molecule has 1 amide bonds. The minimum atomic E-state index is -0.420. The van der Waals surface area contributed by atoms with E-state index < -0.39 is 5.24 Å². The first kappa shape index (κ1) is 18.4. The van der Waals surface area contributed by atoms with Gasteiger partial charge in [0, 0.05) is 13.0 Å². The lowest BCUT2D eigenvalue weighted by Crippen LogP contribution is -2.24. The largest absolute Gasteiger partial charge is 0.484 e. The summed E-state index contributed by atoms with van der Waals surface area (Å²) in [5.74, 6) is 0.932. The lowest BCUT2D eigenvalue weighted by molar-refractivity contribution is -0.111. The Hall–Kier alpha value is -1.98. The molecule has 0 aliphatic rings. The molecule has 0 saturated carbocycles. The van der Waals surface area contributed by atoms with Crippen molar-refractivity contribution in [2.24, 2.45) is 0 Å². The molecule has 0 aliphatic heterocycles. The van der Waals surface area contributed by atoms with Crippen LogP contribution in [0.2, 0.25) is 5.02 Å². The zero-order valence-electron chi connectivity index (χ0n) is 13.1. The van der Waals surface area contributed by atoms with Crippen LogP contribution < -0.4 is 10.1 Å². The van der Waals surface area contributed by atoms with Crippen LogP contribution >= 0.6 is 23.2 Å². The second-order valence-corrected chi connectivity index (χ2v) is 5.98. The van der Waals surface area contributed by atoms with Crippen LogP contribution in [0.4, 0.5) is 0 Å². The van der Waals surface area contributed by atoms with E-state index in [4.69, 9.17) is 32.4 Å². The molecule has 0 saturated heterocycles. The van der Waals surface area contributed by atoms with Crippen molar-refractivity contribution < 1.29 is 18.7 Å². The maximum absolute atomic E-state index is 11.9. The summed E-state index contributed by atoms with van der Waals surface area (Å²) in [6.45, 7) is 2.41. The van der Waals surface area contributed by atoms with Crippen molar-refractivity contribution in [1.82, 2.24) is 5.32 Å². The summed E-state index contributed by atoms with van der Waals surface area (Å²) in [5.41, 5.74) is 0.917. The summed E-state index contributed by atoms with van der Waals surface area (Å²) >= 11 is 11.3. The molecule has 2 rings (SSSR count). The Morgan fingerprint density at radius 2 is 2.04 bits per heavy atom. The molecule has 0 aliphatic carbocycles. The maximum Gasteiger partial charge on any atom is 0.286 e. The smallest absolute Gasteiger partial charge is 0.286 e. The normalized spacial score (nSPS) is 10.5. The van der Waals surface area contributed by atoms with Gasteiger partial charge in [-0.3, -0.25) is 9.59 Å². The fourth-order valence-corrected chi connectivity index (χ4v) is 2.45. The Morgan fingerprint density at radius 1 is 1.25 bits per heavy atom. The number of furan rings is 1. The first-order valence-electron chi connectivity index (χ1n) is 7.40. The molecule has 24 heavy (non-hydrogen) atoms. The summed E-state index contributed by atoms with van der Waals surface area (Å²) in [6.07, 6.45) is 0.701. The highest BCUT2D eigenvalue weighted by atomic mass is 35.5. The molecule has 1 aromatic heterocycles. The van der Waals surface area contributed by atoms with E-state index in [0.717, 1.165) is 5.56 Å². The highest BCUT2D eigenvalue weighted by Gasteiger charge is 2.12. The summed E-state index contributed by atoms with van der Waals surface area (Å²) in [5, 5.41) is 2.76. The number of ether oxygens (including phenoxy) is 1. The van der Waals surface area contributed by atoms with Crippen molar-refractivity contribution in [3.63, 3.8) is 0 Å². The maximum atomic E-state index is 11.9. The quantitative estimate of drug-likeness (QED) is 0.561. The van der Waals surface area contributed by atoms with Gasteiger partial charge in [-0.25, -0.2) is 0 Å². The second kappa shape index (κ2) is 8.76. The summed E-state index contributed by atoms with van der Waals surface area (Å²) in [7, 11) is 0. The molecular weight excluding hydrogens is 353 g/mol. The Bertz CT molecular complexity index is 707. The van der Waals surface area contributed by atoms with Crippen LogP contribution in [-0.2, 0) is 11.4 Å². The highest BCUT2D eigenvalue weighted by Crippen LogP contribution is 2.28. The van der Waals surface area contributed by atoms with E-state index in [-0.39, 0.29) is 24.7 Å². The minimum absolute atomic E-state index is 0.165. The number of carbonyl (C=O) groups is 2. The van der Waals surface area contributed by atoms with E-state index in [1.165, 1.54) is 0 Å². The van der Waals surface area contributed by atoms with Crippen LogP contribution in [0.3, 0.4) is 0 Å². The van der Waals surface area contributed by atoms with Crippen molar-refractivity contribution in [3.05, 3.63) is 52.4 Å². The Labute approximate surface area is 149 Å². The van der Waals surface area contributed by atoms with Crippen molar-refractivity contribution >= 4 is 34.4 Å². The number of para-hydroxylation sites is 1. The highest BCUT2D eigenvalue weighted by molar-refractivity contribution is 6.63. The van der Waals surface area contributed by atoms with Crippen LogP contribution in [0.15, 0.2) is 34.7 Å². The molecule has 0 spiro atoms. The van der Waals surface area contributed by atoms with Crippen molar-refractivity contribution in [3.8, 4) is 5.75 Å². The molecule has 1 heterocycles. The lowest BCUT2D eigenvalue weighted by Gasteiger charge is -2.09. The number of hydrogen-bond acceptors (Lipinski definition) is 4. The van der Waals surface area contributed by atoms with Gasteiger partial charge in [0.05, 0.1) is 5.02 Å². The molecule has 128 valence electrons. The first-order valence-corrected chi connectivity index (χ1v) is 8.16. The molecule has 2 aromatic rings. The SMILES string of the molecule is Cc1cccc(Cl)c1OCc1ccc(C(=O)NCCCC(=O)Cl)o1. The van der Waals surface area contributed by atoms with E-state index >= 15 is 0 Å². The summed E-state index contributed by atoms with van der Waals surface area (Å²) < 4.78 is 11.1. The third kappa shape index (κ3) is 5.28. The van der Waals surface area contributed by atoms with Crippen LogP contribution in [0, 0.1) is 6.92 Å². The van der Waals surface area contributed by atoms with E-state index in [1.54, 1.807) is 18.2 Å². The molecule has 0 bridgehead atoms. The van der Waals surface area contributed by atoms with Crippen LogP contribution in [0.25, 0.3) is 0 Å². The number of amides is 1. The number of nitrogens with one attached hydrogen (secondary N) is 1. The van der Waals surface area contributed by atoms with Crippen LogP contribution in [0.1, 0.15) is 34.7 Å². The fourth-order valence-electron chi connectivity index (χ4n) is 2.04. The molecule has 0 unspecified atom stereocenters. The average Bonchev–Trinajstić information content (AvgIpc) is 3.00. The predicted octanol–water partition coefficient (Wildman–Crippen LogP) is 4.10. The predicted molar refractivity (Wildman–Crippen MR) is 91.7 cm³/mol. The van der Waals surface area contributed by atoms with E-state index in [9.17, 15) is 9.59 Å². The number of hydrogen-bond donors (Lipinski definition) is 1. The van der Waals surface area contributed by atoms with Crippen molar-refractivity contribution in [2.75, 3.05) is 6.54 Å². The lowest BCUT2D eigenvalue weighted by atomic mass is 10.2. The Kier molecular flexibility index (Phi) is 6.70. The molecule has 1 aromatic carbocycles. The van der Waals surface area contributed by atoms with Crippen molar-refractivity contribution in [2.45, 2.75) is 26.4 Å². The van der Waals surface area contributed by atoms with Crippen LogP contribution in [-0.4, -0.2) is 17.7 Å². The van der Waals surface area contributed by atoms with Crippen LogP contribution in [0.5, 0.6) is 5.75 Å². The topological polar surface area (TPSA) is 68.5 Å². The van der Waals surface area contributed by atoms with Gasteiger partial charge < -0.3 is 14.5 Å². The third-order valence-electron chi connectivity index (χ3n) is 3.24. The van der Waals surface area contributed by atoms with Gasteiger partial charge in [0.15, 0.2) is 5.76 Å². The number of rotatable bonds is 8. The first-order chi connectivity index (χ1) is 11.5. The zero-order valence-corrected chi connectivity index (χ0v) is 14.6. The van der Waals surface area contributed by atoms with E-state index in [1.807, 2.05) is 19.1 Å². The van der Waals surface area contributed by atoms with Gasteiger partial charge >= 0.3 is 0 Å². The molecule has 0 radical (unpaired) electrons. The molecule has 7 heteroatoms. The van der Waals surface area contributed by atoms with Gasteiger partial charge in [-0.2, -0.15) is 0 Å². The summed E-state index contributed by atoms with van der Waals surface area (Å²) in [6, 6.07) is 8.73. The molecule has 5 nitrogen and oxygen atoms in total. The number of halogens is 2. The fraction of sp³-hybridized carbons (Fsp3) is 0.294. The standard InChI is InChI=1S/C17H17Cl2NO4/c1-11-4-2-5-13(18)16(11)23-10-12-7-8-14(24-12)17(22)20-9-3-6-15(19)21/h2,4-5,7-8H,3,6,9-10H2,1H3,(H,20,22). The van der Waals surface area contributed by atoms with E-state index in [2.05, 4.69) is 5.32 Å². The molecule has 0 fully saturated rings. The van der Waals surface area contributed by atoms with Gasteiger partial charge in [-0.15, -0.1) is 0 Å². The van der Waals surface area contributed by atoms with Gasteiger partial charge in [0.2, 0.25) is 5.24 Å². The van der Waals surface area contributed by atoms with Crippen molar-refractivity contribution in [1.29, 1.82) is 0 Å². The van der Waals surface area contributed by atoms with Gasteiger partial charge in [-0.05, 0) is 48.7 Å². The Morgan fingerprint density at radius 3 is 2.75 bits per heavy atom. The molecular formula is C17H17Cl2NO4. The number of carbonyl (C=O) groups excluding carboxylic acids is 2. The van der Waals surface area contributed by atoms with E-state index in [0.29, 0.717) is 29.5 Å². The van der Waals surface area contributed by atoms with Gasteiger partial charge in [0.1, 0.15) is 18.1 Å².